The van der Waals surface area contributed by atoms with Crippen molar-refractivity contribution in [2.45, 2.75) is 19.4 Å². The number of rotatable bonds is 4. The number of nitrogens with one attached hydrogen (secondary N) is 1. The Hall–Kier alpha value is -1.40. The minimum Gasteiger partial charge on any atom is -0.381 e. The molecule has 18 heavy (non-hydrogen) atoms. The Labute approximate surface area is 107 Å². The Kier molecular flexibility index (Phi) is 3.98. The molecule has 0 unspecified atom stereocenters. The van der Waals surface area contributed by atoms with Crippen LogP contribution in [0.25, 0.3) is 0 Å². The zero-order valence-corrected chi connectivity index (χ0v) is 10.7. The second-order valence-electron chi connectivity index (χ2n) is 4.79. The lowest BCUT2D eigenvalue weighted by Gasteiger charge is -2.37. The van der Waals surface area contributed by atoms with Crippen molar-refractivity contribution >= 4 is 5.91 Å². The van der Waals surface area contributed by atoms with Gasteiger partial charge in [0.15, 0.2) is 0 Å². The highest BCUT2D eigenvalue weighted by Crippen LogP contribution is 2.31. The predicted molar refractivity (Wildman–Crippen MR) is 66.6 cm³/mol. The molecule has 0 aliphatic carbocycles. The fraction of sp³-hybridized carbons (Fsp3) is 0.667. The SMILES string of the molecule is CN(Cc1ncc[nH]1)C(=O)C1(CN)CCOCC1. The van der Waals surface area contributed by atoms with E-state index in [-0.39, 0.29) is 5.91 Å². The number of aromatic amines is 1. The van der Waals surface area contributed by atoms with Gasteiger partial charge in [-0.25, -0.2) is 4.98 Å². The van der Waals surface area contributed by atoms with Crippen LogP contribution in [-0.4, -0.2) is 47.6 Å². The lowest BCUT2D eigenvalue weighted by atomic mass is 9.79. The Morgan fingerprint density at radius 2 is 2.33 bits per heavy atom. The highest BCUT2D eigenvalue weighted by atomic mass is 16.5. The monoisotopic (exact) mass is 252 g/mol. The number of hydrogen-bond acceptors (Lipinski definition) is 4. The number of nitrogens with zero attached hydrogens (tertiary/aromatic N) is 2. The number of hydrogen-bond donors (Lipinski definition) is 2. The molecule has 2 rings (SSSR count). The maximum absolute atomic E-state index is 12.5. The average molecular weight is 252 g/mol. The number of carbonyl (C=O) groups excluding carboxylic acids is 1. The summed E-state index contributed by atoms with van der Waals surface area (Å²) in [6.07, 6.45) is 4.83. The van der Waals surface area contributed by atoms with Gasteiger partial charge in [-0.15, -0.1) is 0 Å². The molecule has 0 radical (unpaired) electrons. The van der Waals surface area contributed by atoms with E-state index in [0.717, 1.165) is 5.82 Å². The molecule has 0 saturated carbocycles. The third kappa shape index (κ3) is 2.54. The molecule has 1 aliphatic heterocycles. The van der Waals surface area contributed by atoms with Gasteiger partial charge >= 0.3 is 0 Å². The molecule has 1 aromatic rings. The summed E-state index contributed by atoms with van der Waals surface area (Å²) in [6.45, 7) is 2.07. The molecule has 1 saturated heterocycles. The predicted octanol–water partition coefficient (Wildman–Crippen LogP) is 0.124. The lowest BCUT2D eigenvalue weighted by molar-refractivity contribution is -0.146. The minimum absolute atomic E-state index is 0.0877. The molecular weight excluding hydrogens is 232 g/mol. The highest BCUT2D eigenvalue weighted by molar-refractivity contribution is 5.82. The van der Waals surface area contributed by atoms with E-state index in [1.165, 1.54) is 0 Å². The Morgan fingerprint density at radius 1 is 1.61 bits per heavy atom. The normalized spacial score (nSPS) is 18.6. The molecule has 1 aliphatic rings. The van der Waals surface area contributed by atoms with Gasteiger partial charge in [-0.2, -0.15) is 0 Å². The van der Waals surface area contributed by atoms with Crippen molar-refractivity contribution in [3.63, 3.8) is 0 Å². The van der Waals surface area contributed by atoms with Crippen molar-refractivity contribution in [3.05, 3.63) is 18.2 Å². The first-order valence-corrected chi connectivity index (χ1v) is 6.19. The number of amides is 1. The van der Waals surface area contributed by atoms with E-state index in [0.29, 0.717) is 39.1 Å². The van der Waals surface area contributed by atoms with Gasteiger partial charge in [0.2, 0.25) is 5.91 Å². The lowest BCUT2D eigenvalue weighted by Crippen LogP contribution is -2.49. The molecule has 3 N–H and O–H groups in total. The first-order valence-electron chi connectivity index (χ1n) is 6.19. The molecule has 0 bridgehead atoms. The van der Waals surface area contributed by atoms with Crippen LogP contribution in [-0.2, 0) is 16.1 Å². The Bertz CT molecular complexity index is 385. The van der Waals surface area contributed by atoms with Gasteiger partial charge in [-0.05, 0) is 12.8 Å². The summed E-state index contributed by atoms with van der Waals surface area (Å²) in [5.74, 6) is 0.870. The maximum Gasteiger partial charge on any atom is 0.230 e. The molecule has 100 valence electrons. The van der Waals surface area contributed by atoms with Crippen LogP contribution in [0.15, 0.2) is 12.4 Å². The van der Waals surface area contributed by atoms with E-state index in [9.17, 15) is 4.79 Å². The summed E-state index contributed by atoms with van der Waals surface area (Å²) in [5, 5.41) is 0. The van der Waals surface area contributed by atoms with Gasteiger partial charge in [0.25, 0.3) is 0 Å². The van der Waals surface area contributed by atoms with E-state index in [2.05, 4.69) is 9.97 Å². The molecule has 0 spiro atoms. The van der Waals surface area contributed by atoms with E-state index < -0.39 is 5.41 Å². The topological polar surface area (TPSA) is 84.2 Å². The van der Waals surface area contributed by atoms with Crippen LogP contribution in [0.4, 0.5) is 0 Å². The summed E-state index contributed by atoms with van der Waals surface area (Å²) in [7, 11) is 1.79. The molecule has 0 aromatic carbocycles. The maximum atomic E-state index is 12.5. The number of nitrogens with two attached hydrogens (primary N) is 1. The standard InChI is InChI=1S/C12H20N4O2/c1-16(8-10-14-4-5-15-10)11(17)12(9-13)2-6-18-7-3-12/h4-5H,2-3,6-9,13H2,1H3,(H,14,15). The van der Waals surface area contributed by atoms with Crippen LogP contribution >= 0.6 is 0 Å². The number of aromatic nitrogens is 2. The Balaban J connectivity index is 2.04. The first kappa shape index (κ1) is 13.0. The average Bonchev–Trinajstić information content (AvgIpc) is 2.91. The van der Waals surface area contributed by atoms with Crippen molar-refractivity contribution in [2.75, 3.05) is 26.8 Å². The van der Waals surface area contributed by atoms with Crippen LogP contribution in [0.5, 0.6) is 0 Å². The smallest absolute Gasteiger partial charge is 0.230 e. The quantitative estimate of drug-likeness (QED) is 0.797. The molecule has 6 heteroatoms. The highest BCUT2D eigenvalue weighted by Gasteiger charge is 2.40. The third-order valence-corrected chi connectivity index (χ3v) is 3.58. The summed E-state index contributed by atoms with van der Waals surface area (Å²) in [4.78, 5) is 21.3. The number of H-pyrrole nitrogens is 1. The number of imidazole rings is 1. The first-order chi connectivity index (χ1) is 8.68. The number of ether oxygens (including phenoxy) is 1. The van der Waals surface area contributed by atoms with Crippen LogP contribution < -0.4 is 5.73 Å². The van der Waals surface area contributed by atoms with Gasteiger partial charge in [0, 0.05) is 39.2 Å². The summed E-state index contributed by atoms with van der Waals surface area (Å²) in [6, 6.07) is 0. The largest absolute Gasteiger partial charge is 0.381 e. The van der Waals surface area contributed by atoms with Gasteiger partial charge in [-0.3, -0.25) is 4.79 Å². The van der Waals surface area contributed by atoms with E-state index in [4.69, 9.17) is 10.5 Å². The van der Waals surface area contributed by atoms with Crippen LogP contribution in [0.1, 0.15) is 18.7 Å². The second-order valence-corrected chi connectivity index (χ2v) is 4.79. The van der Waals surface area contributed by atoms with Crippen molar-refractivity contribution < 1.29 is 9.53 Å². The number of carbonyl (C=O) groups is 1. The van der Waals surface area contributed by atoms with Gasteiger partial charge in [0.1, 0.15) is 5.82 Å². The molecule has 1 amide bonds. The summed E-state index contributed by atoms with van der Waals surface area (Å²) >= 11 is 0. The molecule has 1 aromatic heterocycles. The van der Waals surface area contributed by atoms with Crippen molar-refractivity contribution in [3.8, 4) is 0 Å². The van der Waals surface area contributed by atoms with Crippen molar-refractivity contribution in [1.82, 2.24) is 14.9 Å². The zero-order chi connectivity index (χ0) is 13.0. The molecule has 6 nitrogen and oxygen atoms in total. The minimum atomic E-state index is -0.459. The van der Waals surface area contributed by atoms with Crippen molar-refractivity contribution in [1.29, 1.82) is 0 Å². The fourth-order valence-corrected chi connectivity index (χ4v) is 2.35. The van der Waals surface area contributed by atoms with Crippen LogP contribution in [0.3, 0.4) is 0 Å². The van der Waals surface area contributed by atoms with E-state index in [1.54, 1.807) is 24.3 Å². The summed E-state index contributed by atoms with van der Waals surface area (Å²) in [5.41, 5.74) is 5.37. The summed E-state index contributed by atoms with van der Waals surface area (Å²) < 4.78 is 5.32. The van der Waals surface area contributed by atoms with E-state index in [1.807, 2.05) is 0 Å². The van der Waals surface area contributed by atoms with Gasteiger partial charge in [0.05, 0.1) is 12.0 Å². The molecule has 0 atom stereocenters. The molecular formula is C12H20N4O2. The zero-order valence-electron chi connectivity index (χ0n) is 10.7. The fourth-order valence-electron chi connectivity index (χ4n) is 2.35. The van der Waals surface area contributed by atoms with Gasteiger partial charge < -0.3 is 20.4 Å². The van der Waals surface area contributed by atoms with Crippen LogP contribution in [0.2, 0.25) is 0 Å². The van der Waals surface area contributed by atoms with Crippen molar-refractivity contribution in [2.24, 2.45) is 11.1 Å². The molecule has 2 heterocycles. The van der Waals surface area contributed by atoms with E-state index >= 15 is 0 Å². The van der Waals surface area contributed by atoms with Crippen LogP contribution in [0, 0.1) is 5.41 Å². The second kappa shape index (κ2) is 5.49. The Morgan fingerprint density at radius 3 is 2.89 bits per heavy atom. The van der Waals surface area contributed by atoms with Gasteiger partial charge in [-0.1, -0.05) is 0 Å². The molecule has 1 fully saturated rings. The third-order valence-electron chi connectivity index (χ3n) is 3.58.